The predicted octanol–water partition coefficient (Wildman–Crippen LogP) is 1.18. The second-order valence-electron chi connectivity index (χ2n) is 5.73. The highest BCUT2D eigenvalue weighted by molar-refractivity contribution is 5.81. The first-order valence-corrected chi connectivity index (χ1v) is 7.35. The van der Waals surface area contributed by atoms with Gasteiger partial charge in [-0.25, -0.2) is 0 Å². The number of likely N-dealkylation sites (tertiary alicyclic amines) is 2. The largest absolute Gasteiger partial charge is 0.481 e. The molecule has 0 aromatic rings. The number of carboxylic acid groups (broad SMARTS) is 1. The van der Waals surface area contributed by atoms with Gasteiger partial charge in [-0.05, 0) is 45.6 Å². The van der Waals surface area contributed by atoms with Crippen molar-refractivity contribution in [3.05, 3.63) is 0 Å². The molecule has 0 bridgehead atoms. The number of piperidine rings is 2. The number of aliphatic carboxylic acids is 1. The van der Waals surface area contributed by atoms with E-state index in [0.29, 0.717) is 6.54 Å². The molecule has 2 unspecified atom stereocenters. The van der Waals surface area contributed by atoms with Crippen molar-refractivity contribution in [2.24, 2.45) is 5.92 Å². The molecule has 0 aromatic heterocycles. The second kappa shape index (κ2) is 6.37. The summed E-state index contributed by atoms with van der Waals surface area (Å²) >= 11 is 0. The van der Waals surface area contributed by atoms with Crippen molar-refractivity contribution in [3.63, 3.8) is 0 Å². The molecule has 0 aromatic carbocycles. The van der Waals surface area contributed by atoms with Crippen molar-refractivity contribution in [1.29, 1.82) is 0 Å². The van der Waals surface area contributed by atoms with Gasteiger partial charge in [-0.1, -0.05) is 0 Å². The number of hydrogen-bond acceptors (Lipinski definition) is 3. The molecular weight excluding hydrogens is 244 g/mol. The molecule has 5 nitrogen and oxygen atoms in total. The summed E-state index contributed by atoms with van der Waals surface area (Å²) in [7, 11) is 0. The van der Waals surface area contributed by atoms with Crippen LogP contribution in [0.25, 0.3) is 0 Å². The molecule has 2 saturated heterocycles. The molecule has 1 N–H and O–H groups in total. The molecule has 108 valence electrons. The van der Waals surface area contributed by atoms with Crippen LogP contribution in [0.15, 0.2) is 0 Å². The van der Waals surface area contributed by atoms with Crippen molar-refractivity contribution in [2.45, 2.75) is 45.1 Å². The van der Waals surface area contributed by atoms with Crippen LogP contribution in [0.3, 0.4) is 0 Å². The van der Waals surface area contributed by atoms with Crippen LogP contribution in [-0.2, 0) is 9.59 Å². The van der Waals surface area contributed by atoms with Crippen LogP contribution < -0.4 is 0 Å². The number of carbonyl (C=O) groups is 2. The smallest absolute Gasteiger partial charge is 0.307 e. The van der Waals surface area contributed by atoms with Crippen molar-refractivity contribution >= 4 is 11.9 Å². The minimum Gasteiger partial charge on any atom is -0.481 e. The number of nitrogens with zero attached hydrogens (tertiary/aromatic N) is 2. The maximum absolute atomic E-state index is 12.4. The van der Waals surface area contributed by atoms with Crippen LogP contribution in [0.5, 0.6) is 0 Å². The van der Waals surface area contributed by atoms with Crippen LogP contribution in [0.2, 0.25) is 0 Å². The van der Waals surface area contributed by atoms with E-state index in [0.717, 1.165) is 45.3 Å². The SMILES string of the molecule is CC(C(=O)N1CCCCC1)N1CCCC(C(=O)O)C1. The molecule has 2 heterocycles. The monoisotopic (exact) mass is 268 g/mol. The fourth-order valence-electron chi connectivity index (χ4n) is 3.09. The zero-order valence-corrected chi connectivity index (χ0v) is 11.7. The number of hydrogen-bond donors (Lipinski definition) is 1. The zero-order valence-electron chi connectivity index (χ0n) is 11.7. The first kappa shape index (κ1) is 14.3. The first-order valence-electron chi connectivity index (χ1n) is 7.35. The van der Waals surface area contributed by atoms with E-state index in [-0.39, 0.29) is 17.9 Å². The normalized spacial score (nSPS) is 27.0. The molecule has 0 radical (unpaired) electrons. The topological polar surface area (TPSA) is 60.9 Å². The van der Waals surface area contributed by atoms with E-state index < -0.39 is 5.97 Å². The Balaban J connectivity index is 1.92. The lowest BCUT2D eigenvalue weighted by atomic mass is 9.96. The fourth-order valence-corrected chi connectivity index (χ4v) is 3.09. The van der Waals surface area contributed by atoms with Crippen molar-refractivity contribution in [3.8, 4) is 0 Å². The third kappa shape index (κ3) is 3.47. The van der Waals surface area contributed by atoms with Gasteiger partial charge < -0.3 is 10.0 Å². The molecular formula is C14H24N2O3. The summed E-state index contributed by atoms with van der Waals surface area (Å²) < 4.78 is 0. The van der Waals surface area contributed by atoms with Crippen LogP contribution in [0, 0.1) is 5.92 Å². The van der Waals surface area contributed by atoms with Gasteiger partial charge in [-0.15, -0.1) is 0 Å². The van der Waals surface area contributed by atoms with E-state index >= 15 is 0 Å². The predicted molar refractivity (Wildman–Crippen MR) is 71.8 cm³/mol. The summed E-state index contributed by atoms with van der Waals surface area (Å²) in [6, 6.07) is -0.180. The summed E-state index contributed by atoms with van der Waals surface area (Å²) in [5.74, 6) is -0.876. The Morgan fingerprint density at radius 3 is 2.42 bits per heavy atom. The van der Waals surface area contributed by atoms with Crippen molar-refractivity contribution in [1.82, 2.24) is 9.80 Å². The Labute approximate surface area is 114 Å². The number of rotatable bonds is 3. The van der Waals surface area contributed by atoms with Crippen LogP contribution in [-0.4, -0.2) is 59.0 Å². The minimum absolute atomic E-state index is 0.172. The van der Waals surface area contributed by atoms with Crippen LogP contribution in [0.1, 0.15) is 39.0 Å². The van der Waals surface area contributed by atoms with E-state index in [1.165, 1.54) is 6.42 Å². The average molecular weight is 268 g/mol. The average Bonchev–Trinajstić information content (AvgIpc) is 2.46. The molecule has 0 aliphatic carbocycles. The maximum Gasteiger partial charge on any atom is 0.307 e. The Kier molecular flexibility index (Phi) is 4.80. The molecule has 2 rings (SSSR count). The summed E-state index contributed by atoms with van der Waals surface area (Å²) in [5.41, 5.74) is 0. The highest BCUT2D eigenvalue weighted by Crippen LogP contribution is 2.20. The lowest BCUT2D eigenvalue weighted by molar-refractivity contribution is -0.146. The second-order valence-corrected chi connectivity index (χ2v) is 5.73. The van der Waals surface area contributed by atoms with E-state index in [4.69, 9.17) is 5.11 Å². The Morgan fingerprint density at radius 2 is 1.79 bits per heavy atom. The lowest BCUT2D eigenvalue weighted by Gasteiger charge is -2.37. The highest BCUT2D eigenvalue weighted by atomic mass is 16.4. The molecule has 2 aliphatic heterocycles. The number of amides is 1. The van der Waals surface area contributed by atoms with Gasteiger partial charge in [0, 0.05) is 19.6 Å². The Morgan fingerprint density at radius 1 is 1.11 bits per heavy atom. The lowest BCUT2D eigenvalue weighted by Crippen LogP contribution is -2.52. The molecule has 0 saturated carbocycles. The van der Waals surface area contributed by atoms with E-state index in [9.17, 15) is 9.59 Å². The van der Waals surface area contributed by atoms with Crippen molar-refractivity contribution < 1.29 is 14.7 Å². The maximum atomic E-state index is 12.4. The highest BCUT2D eigenvalue weighted by Gasteiger charge is 2.32. The summed E-state index contributed by atoms with van der Waals surface area (Å²) in [5, 5.41) is 9.10. The zero-order chi connectivity index (χ0) is 13.8. The van der Waals surface area contributed by atoms with Gasteiger partial charge in [0.15, 0.2) is 0 Å². The minimum atomic E-state index is -0.734. The third-order valence-corrected chi connectivity index (χ3v) is 4.37. The van der Waals surface area contributed by atoms with Gasteiger partial charge in [-0.3, -0.25) is 14.5 Å². The first-order chi connectivity index (χ1) is 9.09. The van der Waals surface area contributed by atoms with E-state index in [2.05, 4.69) is 0 Å². The Bertz CT molecular complexity index is 340. The molecule has 1 amide bonds. The van der Waals surface area contributed by atoms with Gasteiger partial charge in [0.2, 0.25) is 5.91 Å². The molecule has 2 aliphatic rings. The molecule has 19 heavy (non-hydrogen) atoms. The van der Waals surface area contributed by atoms with Gasteiger partial charge in [0.05, 0.1) is 12.0 Å². The summed E-state index contributed by atoms with van der Waals surface area (Å²) in [6.45, 7) is 4.99. The van der Waals surface area contributed by atoms with E-state index in [1.807, 2.05) is 16.7 Å². The van der Waals surface area contributed by atoms with E-state index in [1.54, 1.807) is 0 Å². The molecule has 5 heteroatoms. The Hall–Kier alpha value is -1.10. The standard InChI is InChI=1S/C14H24N2O3/c1-11(13(17)15-7-3-2-4-8-15)16-9-5-6-12(10-16)14(18)19/h11-12H,2-10H2,1H3,(H,18,19). The number of carboxylic acids is 1. The molecule has 0 spiro atoms. The summed E-state index contributed by atoms with van der Waals surface area (Å²) in [4.78, 5) is 27.5. The van der Waals surface area contributed by atoms with Crippen molar-refractivity contribution in [2.75, 3.05) is 26.2 Å². The third-order valence-electron chi connectivity index (χ3n) is 4.37. The quantitative estimate of drug-likeness (QED) is 0.835. The fraction of sp³-hybridized carbons (Fsp3) is 0.857. The molecule has 2 atom stereocenters. The number of carbonyl (C=O) groups excluding carboxylic acids is 1. The van der Waals surface area contributed by atoms with Gasteiger partial charge in [-0.2, -0.15) is 0 Å². The van der Waals surface area contributed by atoms with Gasteiger partial charge in [0.25, 0.3) is 0 Å². The van der Waals surface area contributed by atoms with Crippen LogP contribution >= 0.6 is 0 Å². The van der Waals surface area contributed by atoms with Crippen LogP contribution in [0.4, 0.5) is 0 Å². The molecule has 2 fully saturated rings. The van der Waals surface area contributed by atoms with Gasteiger partial charge >= 0.3 is 5.97 Å². The van der Waals surface area contributed by atoms with Gasteiger partial charge in [0.1, 0.15) is 0 Å². The summed E-state index contributed by atoms with van der Waals surface area (Å²) in [6.07, 6.45) is 5.00.